The summed E-state index contributed by atoms with van der Waals surface area (Å²) in [5.41, 5.74) is 2.12. The van der Waals surface area contributed by atoms with Gasteiger partial charge in [-0.15, -0.1) is 0 Å². The second-order valence-corrected chi connectivity index (χ2v) is 14.2. The van der Waals surface area contributed by atoms with Gasteiger partial charge in [-0.05, 0) is 75.2 Å². The van der Waals surface area contributed by atoms with E-state index in [0.717, 1.165) is 15.4 Å². The Morgan fingerprint density at radius 1 is 0.787 bits per heavy atom. The number of hydrogen-bond acceptors (Lipinski definition) is 6. The Labute approximate surface area is 278 Å². The van der Waals surface area contributed by atoms with Gasteiger partial charge in [0.15, 0.2) is 0 Å². The van der Waals surface area contributed by atoms with Crippen molar-refractivity contribution in [2.75, 3.05) is 25.1 Å². The number of sulfonamides is 1. The van der Waals surface area contributed by atoms with Crippen LogP contribution in [0.5, 0.6) is 11.5 Å². The van der Waals surface area contributed by atoms with Crippen molar-refractivity contribution in [3.05, 3.63) is 120 Å². The van der Waals surface area contributed by atoms with Crippen LogP contribution in [0.15, 0.2) is 108 Å². The first kappa shape index (κ1) is 35.0. The van der Waals surface area contributed by atoms with E-state index < -0.39 is 34.1 Å². The van der Waals surface area contributed by atoms with Crippen molar-refractivity contribution in [1.29, 1.82) is 0 Å². The van der Waals surface area contributed by atoms with Gasteiger partial charge in [-0.2, -0.15) is 0 Å². The Balaban J connectivity index is 1.84. The van der Waals surface area contributed by atoms with Crippen LogP contribution in [-0.4, -0.2) is 57.5 Å². The largest absolute Gasteiger partial charge is 0.497 e. The molecular formula is C37H43N3O6S. The van der Waals surface area contributed by atoms with E-state index in [-0.39, 0.29) is 29.5 Å². The number of carbonyl (C=O) groups excluding carboxylic acids is 2. The van der Waals surface area contributed by atoms with Crippen molar-refractivity contribution in [2.45, 2.75) is 57.1 Å². The second-order valence-electron chi connectivity index (χ2n) is 12.3. The average Bonchev–Trinajstić information content (AvgIpc) is 3.05. The van der Waals surface area contributed by atoms with Crippen LogP contribution in [0.3, 0.4) is 0 Å². The van der Waals surface area contributed by atoms with Crippen LogP contribution in [-0.2, 0) is 32.6 Å². The number of benzene rings is 4. The summed E-state index contributed by atoms with van der Waals surface area (Å²) in [6.45, 7) is 6.95. The molecule has 0 aliphatic carbocycles. The monoisotopic (exact) mass is 657 g/mol. The number of aryl methyl sites for hydroxylation is 1. The number of hydrogen-bond donors (Lipinski definition) is 1. The first-order chi connectivity index (χ1) is 22.3. The molecule has 4 aromatic rings. The topological polar surface area (TPSA) is 105 Å². The van der Waals surface area contributed by atoms with E-state index in [1.165, 1.54) is 24.1 Å². The van der Waals surface area contributed by atoms with Crippen molar-refractivity contribution in [3.63, 3.8) is 0 Å². The van der Waals surface area contributed by atoms with Gasteiger partial charge in [0.25, 0.3) is 10.0 Å². The van der Waals surface area contributed by atoms with Crippen molar-refractivity contribution >= 4 is 27.5 Å². The number of methoxy groups -OCH3 is 2. The second kappa shape index (κ2) is 15.2. The average molecular weight is 658 g/mol. The van der Waals surface area contributed by atoms with Crippen molar-refractivity contribution in [2.24, 2.45) is 0 Å². The minimum atomic E-state index is -4.23. The summed E-state index contributed by atoms with van der Waals surface area (Å²) in [7, 11) is -1.19. The van der Waals surface area contributed by atoms with E-state index in [1.807, 2.05) is 70.2 Å². The minimum absolute atomic E-state index is 0.0294. The predicted octanol–water partition coefficient (Wildman–Crippen LogP) is 5.76. The van der Waals surface area contributed by atoms with E-state index in [4.69, 9.17) is 9.47 Å². The van der Waals surface area contributed by atoms with Crippen LogP contribution in [0.25, 0.3) is 0 Å². The molecule has 0 aliphatic heterocycles. The highest BCUT2D eigenvalue weighted by atomic mass is 32.2. The highest BCUT2D eigenvalue weighted by molar-refractivity contribution is 7.92. The maximum absolute atomic E-state index is 14.7. The lowest BCUT2D eigenvalue weighted by molar-refractivity contribution is -0.140. The summed E-state index contributed by atoms with van der Waals surface area (Å²) in [6, 6.07) is 28.7. The van der Waals surface area contributed by atoms with E-state index in [2.05, 4.69) is 5.32 Å². The lowest BCUT2D eigenvalue weighted by Crippen LogP contribution is -2.56. The lowest BCUT2D eigenvalue weighted by Gasteiger charge is -2.35. The van der Waals surface area contributed by atoms with Crippen LogP contribution < -0.4 is 19.1 Å². The number of rotatable bonds is 13. The molecule has 10 heteroatoms. The maximum Gasteiger partial charge on any atom is 0.264 e. The number of amides is 2. The van der Waals surface area contributed by atoms with Gasteiger partial charge in [-0.1, -0.05) is 66.2 Å². The molecule has 1 N–H and O–H groups in total. The molecule has 4 rings (SSSR count). The van der Waals surface area contributed by atoms with E-state index in [1.54, 1.807) is 55.6 Å². The molecule has 0 saturated carbocycles. The fraction of sp³-hybridized carbons (Fsp3) is 0.297. The van der Waals surface area contributed by atoms with Crippen LogP contribution in [0, 0.1) is 6.92 Å². The van der Waals surface area contributed by atoms with Gasteiger partial charge in [0, 0.05) is 24.6 Å². The Morgan fingerprint density at radius 2 is 1.38 bits per heavy atom. The molecule has 0 heterocycles. The zero-order valence-electron chi connectivity index (χ0n) is 27.8. The van der Waals surface area contributed by atoms with Gasteiger partial charge in [0.1, 0.15) is 24.1 Å². The molecule has 47 heavy (non-hydrogen) atoms. The summed E-state index contributed by atoms with van der Waals surface area (Å²) in [4.78, 5) is 30.2. The smallest absolute Gasteiger partial charge is 0.264 e. The highest BCUT2D eigenvalue weighted by Crippen LogP contribution is 2.28. The molecular weight excluding hydrogens is 614 g/mol. The first-order valence-corrected chi connectivity index (χ1v) is 16.8. The third-order valence-corrected chi connectivity index (χ3v) is 9.27. The van der Waals surface area contributed by atoms with Crippen molar-refractivity contribution < 1.29 is 27.5 Å². The molecule has 248 valence electrons. The third-order valence-electron chi connectivity index (χ3n) is 7.49. The molecule has 0 saturated heterocycles. The molecule has 0 aromatic heterocycles. The van der Waals surface area contributed by atoms with E-state index in [9.17, 15) is 18.0 Å². The van der Waals surface area contributed by atoms with Crippen LogP contribution in [0.4, 0.5) is 5.69 Å². The Hall–Kier alpha value is -4.83. The van der Waals surface area contributed by atoms with Gasteiger partial charge >= 0.3 is 0 Å². The Bertz CT molecular complexity index is 1770. The molecule has 0 fully saturated rings. The lowest BCUT2D eigenvalue weighted by atomic mass is 10.0. The molecule has 0 bridgehead atoms. The van der Waals surface area contributed by atoms with E-state index in [0.29, 0.717) is 17.1 Å². The SMILES string of the molecule is COc1cccc(CN(C(=O)CN(c2cccc(OC)c2)S(=O)(=O)c2ccc(C)cc2)C(Cc2ccccc2)C(=O)NC(C)(C)C)c1. The van der Waals surface area contributed by atoms with Crippen LogP contribution >= 0.6 is 0 Å². The molecule has 1 atom stereocenters. The molecule has 0 aliphatic rings. The molecule has 1 unspecified atom stereocenters. The van der Waals surface area contributed by atoms with Crippen LogP contribution in [0.2, 0.25) is 0 Å². The van der Waals surface area contributed by atoms with Crippen molar-refractivity contribution in [1.82, 2.24) is 10.2 Å². The standard InChI is InChI=1S/C37H43N3O6S/c1-27-18-20-33(21-19-27)47(43,44)40(30-15-11-17-32(24-30)46-6)26-35(41)39(25-29-14-10-16-31(22-29)45-5)34(36(42)38-37(2,3)4)23-28-12-8-7-9-13-28/h7-22,24,34H,23,25-26H2,1-6H3,(H,38,42). The first-order valence-electron chi connectivity index (χ1n) is 15.3. The highest BCUT2D eigenvalue weighted by Gasteiger charge is 2.35. The zero-order chi connectivity index (χ0) is 34.2. The quantitative estimate of drug-likeness (QED) is 0.196. The fourth-order valence-corrected chi connectivity index (χ4v) is 6.51. The van der Waals surface area contributed by atoms with Crippen molar-refractivity contribution in [3.8, 4) is 11.5 Å². The van der Waals surface area contributed by atoms with Gasteiger partial charge in [0.2, 0.25) is 11.8 Å². The van der Waals surface area contributed by atoms with E-state index >= 15 is 0 Å². The molecule has 2 amide bonds. The summed E-state index contributed by atoms with van der Waals surface area (Å²) in [6.07, 6.45) is 0.211. The number of anilines is 1. The summed E-state index contributed by atoms with van der Waals surface area (Å²) < 4.78 is 40.4. The minimum Gasteiger partial charge on any atom is -0.497 e. The Kier molecular flexibility index (Phi) is 11.3. The summed E-state index contributed by atoms with van der Waals surface area (Å²) in [5, 5.41) is 3.04. The summed E-state index contributed by atoms with van der Waals surface area (Å²) in [5.74, 6) is 0.107. The number of ether oxygens (including phenoxy) is 2. The number of nitrogens with one attached hydrogen (secondary N) is 1. The Morgan fingerprint density at radius 3 is 2.00 bits per heavy atom. The number of nitrogens with zero attached hydrogens (tertiary/aromatic N) is 2. The maximum atomic E-state index is 14.7. The predicted molar refractivity (Wildman–Crippen MR) is 184 cm³/mol. The third kappa shape index (κ3) is 9.36. The number of carbonyl (C=O) groups is 2. The summed E-state index contributed by atoms with van der Waals surface area (Å²) >= 11 is 0. The van der Waals surface area contributed by atoms with Gasteiger partial charge in [-0.25, -0.2) is 8.42 Å². The fourth-order valence-electron chi connectivity index (χ4n) is 5.11. The molecule has 9 nitrogen and oxygen atoms in total. The van der Waals surface area contributed by atoms with Gasteiger partial charge in [-0.3, -0.25) is 13.9 Å². The van der Waals surface area contributed by atoms with Crippen LogP contribution in [0.1, 0.15) is 37.5 Å². The normalized spacial score (nSPS) is 12.1. The zero-order valence-corrected chi connectivity index (χ0v) is 28.6. The molecule has 0 spiro atoms. The van der Waals surface area contributed by atoms with Gasteiger partial charge < -0.3 is 19.7 Å². The molecule has 4 aromatic carbocycles. The molecule has 0 radical (unpaired) electrons. The van der Waals surface area contributed by atoms with Gasteiger partial charge in [0.05, 0.1) is 24.8 Å².